The minimum Gasteiger partial charge on any atom is -0.497 e. The van der Waals surface area contributed by atoms with Crippen molar-refractivity contribution < 1.29 is 23.8 Å². The van der Waals surface area contributed by atoms with E-state index < -0.39 is 12.1 Å². The maximum atomic E-state index is 12.9. The summed E-state index contributed by atoms with van der Waals surface area (Å²) >= 11 is 0. The zero-order chi connectivity index (χ0) is 19.8. The van der Waals surface area contributed by atoms with Crippen molar-refractivity contribution in [1.82, 2.24) is 0 Å². The van der Waals surface area contributed by atoms with Gasteiger partial charge in [0.05, 0.1) is 7.11 Å². The molecule has 0 unspecified atom stereocenters. The number of carbonyl (C=O) groups is 2. The summed E-state index contributed by atoms with van der Waals surface area (Å²) in [5.74, 6) is 0.273. The van der Waals surface area contributed by atoms with Crippen LogP contribution in [0.4, 0.5) is 0 Å². The molecule has 0 spiro atoms. The first-order valence-corrected chi connectivity index (χ1v) is 8.78. The average Bonchev–Trinajstić information content (AvgIpc) is 2.77. The Labute approximate surface area is 163 Å². The van der Waals surface area contributed by atoms with Gasteiger partial charge in [-0.15, -0.1) is 0 Å². The molecule has 0 saturated heterocycles. The highest BCUT2D eigenvalue weighted by Crippen LogP contribution is 2.23. The van der Waals surface area contributed by atoms with E-state index in [1.54, 1.807) is 79.9 Å². The van der Waals surface area contributed by atoms with Crippen molar-refractivity contribution in [2.75, 3.05) is 13.7 Å². The van der Waals surface area contributed by atoms with Crippen LogP contribution < -0.4 is 9.47 Å². The molecule has 3 aromatic carbocycles. The number of ether oxygens (including phenoxy) is 3. The Balaban J connectivity index is 1.70. The Morgan fingerprint density at radius 2 is 1.36 bits per heavy atom. The van der Waals surface area contributed by atoms with Gasteiger partial charge in [0.2, 0.25) is 5.78 Å². The minimum absolute atomic E-state index is 0.287. The third-order valence-corrected chi connectivity index (χ3v) is 4.06. The molecule has 0 aliphatic heterocycles. The molecule has 0 aliphatic rings. The molecule has 1 atom stereocenters. The number of Topliss-reactive ketones (excluding diaryl/α,β-unsaturated/α-hetero) is 1. The molecule has 0 heterocycles. The van der Waals surface area contributed by atoms with Gasteiger partial charge >= 0.3 is 5.97 Å². The number of hydrogen-bond acceptors (Lipinski definition) is 5. The summed E-state index contributed by atoms with van der Waals surface area (Å²) in [6.45, 7) is -0.308. The van der Waals surface area contributed by atoms with E-state index in [9.17, 15) is 9.59 Å². The molecule has 0 bridgehead atoms. The lowest BCUT2D eigenvalue weighted by molar-refractivity contribution is -0.149. The van der Waals surface area contributed by atoms with Crippen molar-refractivity contribution in [2.45, 2.75) is 6.10 Å². The third kappa shape index (κ3) is 4.98. The lowest BCUT2D eigenvalue weighted by atomic mass is 10.00. The van der Waals surface area contributed by atoms with E-state index in [1.807, 2.05) is 12.1 Å². The van der Waals surface area contributed by atoms with Crippen molar-refractivity contribution in [3.8, 4) is 11.5 Å². The lowest BCUT2D eigenvalue weighted by Crippen LogP contribution is -2.23. The van der Waals surface area contributed by atoms with Gasteiger partial charge in [-0.2, -0.15) is 0 Å². The molecule has 3 rings (SSSR count). The summed E-state index contributed by atoms with van der Waals surface area (Å²) in [5.41, 5.74) is 1.08. The fraction of sp³-hybridized carbons (Fsp3) is 0.130. The van der Waals surface area contributed by atoms with E-state index in [-0.39, 0.29) is 12.4 Å². The largest absolute Gasteiger partial charge is 0.497 e. The lowest BCUT2D eigenvalue weighted by Gasteiger charge is -2.17. The molecule has 3 aromatic rings. The highest BCUT2D eigenvalue weighted by Gasteiger charge is 2.26. The summed E-state index contributed by atoms with van der Waals surface area (Å²) in [7, 11) is 1.57. The van der Waals surface area contributed by atoms with Crippen LogP contribution >= 0.6 is 0 Å². The minimum atomic E-state index is -1.03. The molecular weight excluding hydrogens is 356 g/mol. The smallest absolute Gasteiger partial charge is 0.345 e. The second-order valence-electron chi connectivity index (χ2n) is 5.98. The molecule has 5 heteroatoms. The first kappa shape index (κ1) is 19.2. The third-order valence-electron chi connectivity index (χ3n) is 4.06. The van der Waals surface area contributed by atoms with E-state index in [1.165, 1.54) is 0 Å². The Kier molecular flexibility index (Phi) is 6.41. The van der Waals surface area contributed by atoms with Gasteiger partial charge in [0.15, 0.2) is 12.7 Å². The summed E-state index contributed by atoms with van der Waals surface area (Å²) < 4.78 is 16.0. The molecule has 0 fully saturated rings. The van der Waals surface area contributed by atoms with Crippen molar-refractivity contribution in [1.29, 1.82) is 0 Å². The van der Waals surface area contributed by atoms with Crippen LogP contribution in [-0.4, -0.2) is 25.5 Å². The number of benzene rings is 3. The first-order chi connectivity index (χ1) is 13.7. The maximum absolute atomic E-state index is 12.9. The van der Waals surface area contributed by atoms with Gasteiger partial charge in [-0.1, -0.05) is 60.7 Å². The summed E-state index contributed by atoms with van der Waals surface area (Å²) in [5, 5.41) is 0. The number of esters is 1. The zero-order valence-electron chi connectivity index (χ0n) is 15.4. The Bertz CT molecular complexity index is 905. The van der Waals surface area contributed by atoms with Gasteiger partial charge in [-0.05, 0) is 24.3 Å². The van der Waals surface area contributed by atoms with Crippen molar-refractivity contribution in [3.05, 3.63) is 96.1 Å². The molecule has 5 nitrogen and oxygen atoms in total. The number of ketones is 1. The van der Waals surface area contributed by atoms with Crippen molar-refractivity contribution in [3.63, 3.8) is 0 Å². The summed E-state index contributed by atoms with van der Waals surface area (Å²) in [6.07, 6.45) is -1.03. The summed E-state index contributed by atoms with van der Waals surface area (Å²) in [6, 6.07) is 24.5. The van der Waals surface area contributed by atoms with E-state index >= 15 is 0 Å². The molecule has 0 amide bonds. The number of hydrogen-bond donors (Lipinski definition) is 0. The van der Waals surface area contributed by atoms with Crippen LogP contribution in [0.3, 0.4) is 0 Å². The van der Waals surface area contributed by atoms with Crippen LogP contribution in [0.25, 0.3) is 0 Å². The first-order valence-electron chi connectivity index (χ1n) is 8.78. The molecule has 28 heavy (non-hydrogen) atoms. The second-order valence-corrected chi connectivity index (χ2v) is 5.98. The van der Waals surface area contributed by atoms with Crippen LogP contribution in [0.5, 0.6) is 11.5 Å². The molecule has 142 valence electrons. The molecular formula is C23H20O5. The zero-order valence-corrected chi connectivity index (χ0v) is 15.4. The quantitative estimate of drug-likeness (QED) is 0.435. The van der Waals surface area contributed by atoms with Gasteiger partial charge < -0.3 is 14.2 Å². The highest BCUT2D eigenvalue weighted by atomic mass is 16.6. The van der Waals surface area contributed by atoms with Gasteiger partial charge in [0.1, 0.15) is 11.5 Å². The van der Waals surface area contributed by atoms with Crippen LogP contribution in [0.2, 0.25) is 0 Å². The Morgan fingerprint density at radius 1 is 0.786 bits per heavy atom. The maximum Gasteiger partial charge on any atom is 0.345 e. The van der Waals surface area contributed by atoms with Crippen molar-refractivity contribution >= 4 is 11.8 Å². The van der Waals surface area contributed by atoms with E-state index in [2.05, 4.69) is 0 Å². The van der Waals surface area contributed by atoms with Crippen molar-refractivity contribution in [2.24, 2.45) is 0 Å². The predicted octanol–water partition coefficient (Wildman–Crippen LogP) is 4.24. The van der Waals surface area contributed by atoms with E-state index in [4.69, 9.17) is 14.2 Å². The normalized spacial score (nSPS) is 11.3. The number of rotatable bonds is 8. The molecule has 0 N–H and O–H groups in total. The number of methoxy groups -OCH3 is 1. The topological polar surface area (TPSA) is 61.8 Å². The van der Waals surface area contributed by atoms with E-state index in [0.29, 0.717) is 22.6 Å². The standard InChI is InChI=1S/C23H20O5/c1-26-19-12-14-20(15-13-19)27-16-21(24)28-23(18-10-6-3-7-11-18)22(25)17-8-4-2-5-9-17/h2-15,23H,16H2,1H3/t23-/m1/s1. The van der Waals surface area contributed by atoms with E-state index in [0.717, 1.165) is 0 Å². The van der Waals surface area contributed by atoms with Crippen LogP contribution in [0, 0.1) is 0 Å². The molecule has 0 aromatic heterocycles. The Hall–Kier alpha value is -3.60. The van der Waals surface area contributed by atoms with Crippen LogP contribution in [0.1, 0.15) is 22.0 Å². The molecule has 0 aliphatic carbocycles. The van der Waals surface area contributed by atoms with Gasteiger partial charge in [-0.3, -0.25) is 4.79 Å². The SMILES string of the molecule is COc1ccc(OCC(=O)O[C@@H](C(=O)c2ccccc2)c2ccccc2)cc1. The predicted molar refractivity (Wildman–Crippen MR) is 105 cm³/mol. The number of carbonyl (C=O) groups excluding carboxylic acids is 2. The second kappa shape index (κ2) is 9.37. The Morgan fingerprint density at radius 3 is 1.96 bits per heavy atom. The molecule has 0 radical (unpaired) electrons. The molecule has 0 saturated carbocycles. The fourth-order valence-corrected chi connectivity index (χ4v) is 2.63. The monoisotopic (exact) mass is 376 g/mol. The average molecular weight is 376 g/mol. The highest BCUT2D eigenvalue weighted by molar-refractivity contribution is 6.01. The summed E-state index contributed by atoms with van der Waals surface area (Å²) in [4.78, 5) is 25.2. The van der Waals surface area contributed by atoms with Gasteiger partial charge in [0, 0.05) is 11.1 Å². The van der Waals surface area contributed by atoms with Crippen LogP contribution in [0.15, 0.2) is 84.9 Å². The van der Waals surface area contributed by atoms with Gasteiger partial charge in [-0.25, -0.2) is 4.79 Å². The van der Waals surface area contributed by atoms with Gasteiger partial charge in [0.25, 0.3) is 0 Å². The van der Waals surface area contributed by atoms with Crippen LogP contribution in [-0.2, 0) is 9.53 Å². The fourth-order valence-electron chi connectivity index (χ4n) is 2.63.